The zero-order valence-corrected chi connectivity index (χ0v) is 22.4. The monoisotopic (exact) mass is 547 g/mol. The van der Waals surface area contributed by atoms with Crippen LogP contribution in [0.2, 0.25) is 0 Å². The van der Waals surface area contributed by atoms with Crippen molar-refractivity contribution in [1.29, 1.82) is 5.26 Å². The lowest BCUT2D eigenvalue weighted by molar-refractivity contribution is -0.274. The van der Waals surface area contributed by atoms with Gasteiger partial charge >= 0.3 is 6.36 Å². The molecule has 0 saturated heterocycles. The van der Waals surface area contributed by atoms with E-state index in [4.69, 9.17) is 5.73 Å². The van der Waals surface area contributed by atoms with Gasteiger partial charge in [-0.1, -0.05) is 43.9 Å². The summed E-state index contributed by atoms with van der Waals surface area (Å²) in [6.07, 6.45) is 8.48. The summed E-state index contributed by atoms with van der Waals surface area (Å²) in [5, 5.41) is 19.4. The molecule has 0 bridgehead atoms. The van der Waals surface area contributed by atoms with E-state index in [9.17, 15) is 18.4 Å². The van der Waals surface area contributed by atoms with Gasteiger partial charge in [0.05, 0.1) is 6.20 Å². The van der Waals surface area contributed by atoms with Crippen molar-refractivity contribution in [1.82, 2.24) is 15.3 Å². The number of nitrogens with two attached hydrogens (primary N) is 1. The van der Waals surface area contributed by atoms with Crippen molar-refractivity contribution in [3.05, 3.63) is 41.6 Å². The molecule has 0 unspecified atom stereocenters. The van der Waals surface area contributed by atoms with Gasteiger partial charge in [-0.05, 0) is 63.6 Å². The van der Waals surface area contributed by atoms with Gasteiger partial charge in [0.25, 0.3) is 0 Å². The Kier molecular flexibility index (Phi) is 12.6. The van der Waals surface area contributed by atoms with E-state index in [1.807, 2.05) is 0 Å². The first-order valence-corrected chi connectivity index (χ1v) is 13.9. The number of para-hydroxylation sites is 1. The van der Waals surface area contributed by atoms with E-state index in [0.29, 0.717) is 35.4 Å². The first-order chi connectivity index (χ1) is 18.9. The van der Waals surface area contributed by atoms with Gasteiger partial charge in [0.2, 0.25) is 5.95 Å². The number of anilines is 2. The summed E-state index contributed by atoms with van der Waals surface area (Å²) < 4.78 is 42.2. The van der Waals surface area contributed by atoms with Crippen LogP contribution in [0.5, 0.6) is 5.75 Å². The molecule has 1 aromatic carbocycles. The highest BCUT2D eigenvalue weighted by molar-refractivity contribution is 5.53. The SMILES string of the molecule is N#Cc1cnc(NCc2ccccc2OC(F)(F)F)nc1NCC1CCC(NCCCCCCCCN)CC1. The molecule has 0 amide bonds. The van der Waals surface area contributed by atoms with Crippen LogP contribution in [0.15, 0.2) is 30.5 Å². The Hall–Kier alpha value is -3.10. The number of hydrogen-bond acceptors (Lipinski definition) is 8. The molecule has 0 aliphatic heterocycles. The summed E-state index contributed by atoms with van der Waals surface area (Å²) in [6.45, 7) is 2.59. The van der Waals surface area contributed by atoms with Gasteiger partial charge in [0.15, 0.2) is 0 Å². The molecule has 5 N–H and O–H groups in total. The number of nitriles is 1. The number of halogens is 3. The second-order valence-electron chi connectivity index (χ2n) is 10.0. The number of rotatable bonds is 16. The molecular formula is C28H40F3N7O. The zero-order chi connectivity index (χ0) is 27.9. The number of benzene rings is 1. The van der Waals surface area contributed by atoms with Gasteiger partial charge in [-0.25, -0.2) is 4.98 Å². The van der Waals surface area contributed by atoms with Crippen LogP contribution in [0.25, 0.3) is 0 Å². The Labute approximate surface area is 228 Å². The highest BCUT2D eigenvalue weighted by Crippen LogP contribution is 2.27. The van der Waals surface area contributed by atoms with Crippen molar-refractivity contribution >= 4 is 11.8 Å². The van der Waals surface area contributed by atoms with Crippen molar-refractivity contribution < 1.29 is 17.9 Å². The second-order valence-corrected chi connectivity index (χ2v) is 10.0. The van der Waals surface area contributed by atoms with E-state index in [-0.39, 0.29) is 18.2 Å². The predicted molar refractivity (Wildman–Crippen MR) is 146 cm³/mol. The Morgan fingerprint density at radius 1 is 1.00 bits per heavy atom. The van der Waals surface area contributed by atoms with E-state index in [0.717, 1.165) is 45.2 Å². The van der Waals surface area contributed by atoms with Crippen LogP contribution in [-0.2, 0) is 6.54 Å². The maximum absolute atomic E-state index is 12.7. The molecule has 39 heavy (non-hydrogen) atoms. The van der Waals surface area contributed by atoms with E-state index in [2.05, 4.69) is 36.7 Å². The lowest BCUT2D eigenvalue weighted by atomic mass is 9.86. The molecule has 11 heteroatoms. The minimum Gasteiger partial charge on any atom is -0.405 e. The van der Waals surface area contributed by atoms with Crippen LogP contribution in [0, 0.1) is 17.2 Å². The standard InChI is InChI=1S/C28H40F3N7O/c29-28(30,31)39-25-10-6-5-9-22(25)19-36-27-37-20-23(17-33)26(38-27)35-18-21-11-13-24(14-12-21)34-16-8-4-2-1-3-7-15-32/h5-6,9-10,20-21,24,34H,1-4,7-8,11-16,18-19,32H2,(H2,35,36,37,38). The van der Waals surface area contributed by atoms with Crippen molar-refractivity contribution in [2.75, 3.05) is 30.3 Å². The van der Waals surface area contributed by atoms with E-state index < -0.39 is 6.36 Å². The Balaban J connectivity index is 1.41. The van der Waals surface area contributed by atoms with Crippen LogP contribution in [0.4, 0.5) is 24.9 Å². The zero-order valence-electron chi connectivity index (χ0n) is 22.4. The highest BCUT2D eigenvalue weighted by atomic mass is 19.4. The minimum atomic E-state index is -4.78. The largest absolute Gasteiger partial charge is 0.573 e. The number of nitrogens with zero attached hydrogens (tertiary/aromatic N) is 3. The number of hydrogen-bond donors (Lipinski definition) is 4. The molecule has 1 aliphatic rings. The molecule has 2 aromatic rings. The van der Waals surface area contributed by atoms with Gasteiger partial charge in [-0.15, -0.1) is 13.2 Å². The van der Waals surface area contributed by atoms with Crippen LogP contribution in [0.3, 0.4) is 0 Å². The lowest BCUT2D eigenvalue weighted by Crippen LogP contribution is -2.35. The number of ether oxygens (including phenoxy) is 1. The first kappa shape index (κ1) is 30.4. The van der Waals surface area contributed by atoms with E-state index >= 15 is 0 Å². The van der Waals surface area contributed by atoms with Gasteiger partial charge in [-0.2, -0.15) is 10.2 Å². The molecular weight excluding hydrogens is 507 g/mol. The Morgan fingerprint density at radius 2 is 1.72 bits per heavy atom. The number of alkyl halides is 3. The van der Waals surface area contributed by atoms with E-state index in [1.165, 1.54) is 56.5 Å². The molecule has 0 spiro atoms. The number of nitrogens with one attached hydrogen (secondary N) is 3. The summed E-state index contributed by atoms with van der Waals surface area (Å²) in [4.78, 5) is 8.54. The van der Waals surface area contributed by atoms with Crippen molar-refractivity contribution in [2.24, 2.45) is 11.7 Å². The highest BCUT2D eigenvalue weighted by Gasteiger charge is 2.32. The molecule has 8 nitrogen and oxygen atoms in total. The Bertz CT molecular complexity index is 1040. The Morgan fingerprint density at radius 3 is 2.44 bits per heavy atom. The van der Waals surface area contributed by atoms with Crippen LogP contribution in [-0.4, -0.2) is 42.0 Å². The van der Waals surface area contributed by atoms with Crippen molar-refractivity contribution in [2.45, 2.75) is 83.2 Å². The average Bonchev–Trinajstić information content (AvgIpc) is 2.92. The lowest BCUT2D eigenvalue weighted by Gasteiger charge is -2.29. The molecule has 1 aliphatic carbocycles. The first-order valence-electron chi connectivity index (χ1n) is 13.9. The number of unbranched alkanes of at least 4 members (excludes halogenated alkanes) is 5. The molecule has 214 valence electrons. The fourth-order valence-corrected chi connectivity index (χ4v) is 4.83. The van der Waals surface area contributed by atoms with E-state index in [1.54, 1.807) is 6.07 Å². The third-order valence-electron chi connectivity index (χ3n) is 7.01. The molecule has 0 atom stereocenters. The fraction of sp³-hybridized carbons (Fsp3) is 0.607. The summed E-state index contributed by atoms with van der Waals surface area (Å²) >= 11 is 0. The molecule has 1 aromatic heterocycles. The number of aromatic nitrogens is 2. The van der Waals surface area contributed by atoms with Gasteiger partial charge in [0.1, 0.15) is 23.2 Å². The summed E-state index contributed by atoms with van der Waals surface area (Å²) in [5.74, 6) is 0.829. The summed E-state index contributed by atoms with van der Waals surface area (Å²) in [5.41, 5.74) is 6.16. The van der Waals surface area contributed by atoms with Gasteiger partial charge in [0, 0.05) is 24.7 Å². The molecule has 1 fully saturated rings. The quantitative estimate of drug-likeness (QED) is 0.197. The summed E-state index contributed by atoms with van der Waals surface area (Å²) in [6, 6.07) is 8.55. The predicted octanol–water partition coefficient (Wildman–Crippen LogP) is 5.72. The molecule has 0 radical (unpaired) electrons. The normalized spacial score (nSPS) is 17.4. The van der Waals surface area contributed by atoms with Gasteiger partial charge < -0.3 is 26.4 Å². The van der Waals surface area contributed by atoms with Crippen molar-refractivity contribution in [3.8, 4) is 11.8 Å². The van der Waals surface area contributed by atoms with Crippen LogP contribution >= 0.6 is 0 Å². The van der Waals surface area contributed by atoms with Gasteiger partial charge in [-0.3, -0.25) is 0 Å². The molecule has 1 heterocycles. The minimum absolute atomic E-state index is 0.0306. The fourth-order valence-electron chi connectivity index (χ4n) is 4.83. The van der Waals surface area contributed by atoms with Crippen LogP contribution < -0.4 is 26.4 Å². The maximum Gasteiger partial charge on any atom is 0.573 e. The topological polar surface area (TPSA) is 121 Å². The molecule has 1 saturated carbocycles. The smallest absolute Gasteiger partial charge is 0.405 e. The third-order valence-corrected chi connectivity index (χ3v) is 7.01. The van der Waals surface area contributed by atoms with Crippen molar-refractivity contribution in [3.63, 3.8) is 0 Å². The third kappa shape index (κ3) is 11.3. The average molecular weight is 548 g/mol. The summed E-state index contributed by atoms with van der Waals surface area (Å²) in [7, 11) is 0. The maximum atomic E-state index is 12.7. The van der Waals surface area contributed by atoms with Crippen LogP contribution in [0.1, 0.15) is 75.3 Å². The molecule has 3 rings (SSSR count). The second kappa shape index (κ2) is 16.1.